The fourth-order valence-electron chi connectivity index (χ4n) is 2.11. The molecule has 0 radical (unpaired) electrons. The number of aromatic hydroxyl groups is 2. The number of rotatable bonds is 0. The van der Waals surface area contributed by atoms with E-state index in [1.807, 2.05) is 0 Å². The first kappa shape index (κ1) is 9.38. The zero-order chi connectivity index (χ0) is 9.97. The van der Waals surface area contributed by atoms with Crippen LogP contribution >= 0.6 is 0 Å². The molecule has 2 nitrogen and oxygen atoms in total. The van der Waals surface area contributed by atoms with Gasteiger partial charge in [0.1, 0.15) is 0 Å². The summed E-state index contributed by atoms with van der Waals surface area (Å²) in [5.41, 5.74) is 2.42. The Kier molecular flexibility index (Phi) is 2.62. The SMILES string of the molecule is Oc1cc2c(cc1O)CCCCCC2. The lowest BCUT2D eigenvalue weighted by molar-refractivity contribution is 0.402. The summed E-state index contributed by atoms with van der Waals surface area (Å²) in [6.07, 6.45) is 7.00. The van der Waals surface area contributed by atoms with Crippen LogP contribution in [0.3, 0.4) is 0 Å². The maximum absolute atomic E-state index is 9.39. The first-order valence-electron chi connectivity index (χ1n) is 5.31. The molecule has 1 aliphatic rings. The van der Waals surface area contributed by atoms with Gasteiger partial charge in [-0.05, 0) is 48.9 Å². The third-order valence-corrected chi connectivity index (χ3v) is 2.94. The number of benzene rings is 1. The highest BCUT2D eigenvalue weighted by Crippen LogP contribution is 2.31. The molecule has 0 fully saturated rings. The van der Waals surface area contributed by atoms with Gasteiger partial charge in [-0.1, -0.05) is 12.8 Å². The second kappa shape index (κ2) is 3.91. The van der Waals surface area contributed by atoms with Crippen LogP contribution in [0.5, 0.6) is 11.5 Å². The minimum atomic E-state index is 0.0179. The third kappa shape index (κ3) is 1.84. The molecule has 1 aliphatic carbocycles. The topological polar surface area (TPSA) is 40.5 Å². The molecular formula is C12H16O2. The molecule has 14 heavy (non-hydrogen) atoms. The number of fused-ring (bicyclic) bond motifs is 1. The van der Waals surface area contributed by atoms with Gasteiger partial charge in [-0.25, -0.2) is 0 Å². The second-order valence-electron chi connectivity index (χ2n) is 4.02. The smallest absolute Gasteiger partial charge is 0.157 e. The van der Waals surface area contributed by atoms with E-state index in [0.29, 0.717) is 0 Å². The van der Waals surface area contributed by atoms with Crippen molar-refractivity contribution in [2.75, 3.05) is 0 Å². The van der Waals surface area contributed by atoms with Crippen LogP contribution in [0.25, 0.3) is 0 Å². The van der Waals surface area contributed by atoms with Crippen molar-refractivity contribution in [2.45, 2.75) is 38.5 Å². The number of hydrogen-bond acceptors (Lipinski definition) is 2. The molecule has 0 bridgehead atoms. The van der Waals surface area contributed by atoms with Crippen molar-refractivity contribution in [1.29, 1.82) is 0 Å². The Balaban J connectivity index is 2.35. The van der Waals surface area contributed by atoms with E-state index in [2.05, 4.69) is 0 Å². The quantitative estimate of drug-likeness (QED) is 0.620. The number of hydrogen-bond donors (Lipinski definition) is 2. The maximum Gasteiger partial charge on any atom is 0.157 e. The highest BCUT2D eigenvalue weighted by atomic mass is 16.3. The lowest BCUT2D eigenvalue weighted by Gasteiger charge is -2.14. The van der Waals surface area contributed by atoms with E-state index in [1.165, 1.54) is 36.8 Å². The molecule has 2 heteroatoms. The largest absolute Gasteiger partial charge is 0.504 e. The molecular weight excluding hydrogens is 176 g/mol. The van der Waals surface area contributed by atoms with Crippen molar-refractivity contribution >= 4 is 0 Å². The van der Waals surface area contributed by atoms with E-state index >= 15 is 0 Å². The van der Waals surface area contributed by atoms with Crippen LogP contribution < -0.4 is 0 Å². The monoisotopic (exact) mass is 192 g/mol. The van der Waals surface area contributed by atoms with Crippen molar-refractivity contribution in [3.8, 4) is 11.5 Å². The average molecular weight is 192 g/mol. The maximum atomic E-state index is 9.39. The average Bonchev–Trinajstić information content (AvgIpc) is 2.13. The zero-order valence-corrected chi connectivity index (χ0v) is 8.29. The summed E-state index contributed by atoms with van der Waals surface area (Å²) < 4.78 is 0. The zero-order valence-electron chi connectivity index (χ0n) is 8.29. The molecule has 76 valence electrons. The van der Waals surface area contributed by atoms with E-state index in [9.17, 15) is 10.2 Å². The normalized spacial score (nSPS) is 16.9. The van der Waals surface area contributed by atoms with E-state index in [0.717, 1.165) is 12.8 Å². The molecule has 0 saturated carbocycles. The second-order valence-corrected chi connectivity index (χ2v) is 4.02. The number of phenols is 2. The first-order valence-corrected chi connectivity index (χ1v) is 5.31. The van der Waals surface area contributed by atoms with Gasteiger partial charge in [0.15, 0.2) is 11.5 Å². The Labute approximate surface area is 84.2 Å². The van der Waals surface area contributed by atoms with E-state index < -0.39 is 0 Å². The predicted octanol–water partition coefficient (Wildman–Crippen LogP) is 2.76. The fraction of sp³-hybridized carbons (Fsp3) is 0.500. The summed E-state index contributed by atoms with van der Waals surface area (Å²) in [6, 6.07) is 3.44. The van der Waals surface area contributed by atoms with Crippen molar-refractivity contribution in [3.05, 3.63) is 23.3 Å². The van der Waals surface area contributed by atoms with Crippen LogP contribution in [-0.2, 0) is 12.8 Å². The Hall–Kier alpha value is -1.18. The van der Waals surface area contributed by atoms with Crippen LogP contribution in [0.2, 0.25) is 0 Å². The Morgan fingerprint density at radius 3 is 1.57 bits per heavy atom. The Bertz CT molecular complexity index is 298. The predicted molar refractivity (Wildman–Crippen MR) is 55.6 cm³/mol. The number of phenolic OH excluding ortho intramolecular Hbond substituents is 2. The highest BCUT2D eigenvalue weighted by Gasteiger charge is 2.10. The van der Waals surface area contributed by atoms with E-state index in [4.69, 9.17) is 0 Å². The van der Waals surface area contributed by atoms with Crippen LogP contribution in [0.1, 0.15) is 36.8 Å². The summed E-state index contributed by atoms with van der Waals surface area (Å²) >= 11 is 0. The minimum Gasteiger partial charge on any atom is -0.504 e. The van der Waals surface area contributed by atoms with Gasteiger partial charge in [0.25, 0.3) is 0 Å². The molecule has 1 aromatic carbocycles. The summed E-state index contributed by atoms with van der Waals surface area (Å²) in [7, 11) is 0. The molecule has 2 N–H and O–H groups in total. The summed E-state index contributed by atoms with van der Waals surface area (Å²) in [6.45, 7) is 0. The molecule has 0 spiro atoms. The van der Waals surface area contributed by atoms with Gasteiger partial charge in [0.05, 0.1) is 0 Å². The highest BCUT2D eigenvalue weighted by molar-refractivity contribution is 5.45. The van der Waals surface area contributed by atoms with Crippen molar-refractivity contribution in [3.63, 3.8) is 0 Å². The summed E-state index contributed by atoms with van der Waals surface area (Å²) in [5, 5.41) is 18.8. The molecule has 0 unspecified atom stereocenters. The molecule has 2 rings (SSSR count). The van der Waals surface area contributed by atoms with Gasteiger partial charge >= 0.3 is 0 Å². The van der Waals surface area contributed by atoms with E-state index in [1.54, 1.807) is 12.1 Å². The van der Waals surface area contributed by atoms with Crippen LogP contribution in [0.4, 0.5) is 0 Å². The number of aryl methyl sites for hydroxylation is 2. The lowest BCUT2D eigenvalue weighted by atomic mass is 9.93. The molecule has 1 aromatic rings. The summed E-state index contributed by atoms with van der Waals surface area (Å²) in [4.78, 5) is 0. The minimum absolute atomic E-state index is 0.0179. The molecule has 0 atom stereocenters. The lowest BCUT2D eigenvalue weighted by Crippen LogP contribution is -1.99. The van der Waals surface area contributed by atoms with Gasteiger partial charge in [0, 0.05) is 0 Å². The standard InChI is InChI=1S/C12H16O2/c13-11-7-9-5-3-1-2-4-6-10(9)8-12(11)14/h7-8,13-14H,1-6H2. The fourth-order valence-corrected chi connectivity index (χ4v) is 2.11. The van der Waals surface area contributed by atoms with E-state index in [-0.39, 0.29) is 11.5 Å². The molecule has 0 aliphatic heterocycles. The van der Waals surface area contributed by atoms with Gasteiger partial charge in [-0.15, -0.1) is 0 Å². The molecule has 0 amide bonds. The molecule has 0 saturated heterocycles. The molecule has 0 heterocycles. The Morgan fingerprint density at radius 2 is 1.14 bits per heavy atom. The van der Waals surface area contributed by atoms with Crippen LogP contribution in [-0.4, -0.2) is 10.2 Å². The van der Waals surface area contributed by atoms with Gasteiger partial charge < -0.3 is 10.2 Å². The summed E-state index contributed by atoms with van der Waals surface area (Å²) in [5.74, 6) is 0.0358. The molecule has 0 aromatic heterocycles. The third-order valence-electron chi connectivity index (χ3n) is 2.94. The van der Waals surface area contributed by atoms with Crippen molar-refractivity contribution in [1.82, 2.24) is 0 Å². The first-order chi connectivity index (χ1) is 6.77. The van der Waals surface area contributed by atoms with Crippen molar-refractivity contribution in [2.24, 2.45) is 0 Å². The van der Waals surface area contributed by atoms with Gasteiger partial charge in [0.2, 0.25) is 0 Å². The van der Waals surface area contributed by atoms with Gasteiger partial charge in [-0.3, -0.25) is 0 Å². The van der Waals surface area contributed by atoms with Crippen LogP contribution in [0.15, 0.2) is 12.1 Å². The van der Waals surface area contributed by atoms with Crippen LogP contribution in [0, 0.1) is 0 Å². The van der Waals surface area contributed by atoms with Crippen molar-refractivity contribution < 1.29 is 10.2 Å². The van der Waals surface area contributed by atoms with Gasteiger partial charge in [-0.2, -0.15) is 0 Å². The Morgan fingerprint density at radius 1 is 0.714 bits per heavy atom.